The number of hydrogen-bond acceptors (Lipinski definition) is 2. The Bertz CT molecular complexity index is 593. The molecule has 0 nitrogen and oxygen atoms in total. The summed E-state index contributed by atoms with van der Waals surface area (Å²) < 4.78 is 0. The van der Waals surface area contributed by atoms with Gasteiger partial charge in [-0.25, -0.2) is 0 Å². The molecule has 98 valence electrons. The second kappa shape index (κ2) is 5.06. The summed E-state index contributed by atoms with van der Waals surface area (Å²) in [7, 11) is 0. The molecule has 4 rings (SSSR count). The van der Waals surface area contributed by atoms with Crippen LogP contribution in [0.2, 0.25) is 0 Å². The number of thioether (sulfide) groups is 2. The van der Waals surface area contributed by atoms with Crippen LogP contribution in [0.4, 0.5) is 0 Å². The highest BCUT2D eigenvalue weighted by atomic mass is 32.2. The molecule has 2 aliphatic rings. The molecule has 3 unspecified atom stereocenters. The minimum absolute atomic E-state index is 0.735. The van der Waals surface area contributed by atoms with Crippen molar-refractivity contribution in [2.45, 2.75) is 23.3 Å². The first-order valence-corrected chi connectivity index (χ1v) is 9.23. The van der Waals surface area contributed by atoms with Gasteiger partial charge < -0.3 is 0 Å². The van der Waals surface area contributed by atoms with Crippen LogP contribution in [0.5, 0.6) is 0 Å². The molecule has 2 fully saturated rings. The Morgan fingerprint density at radius 3 is 2.63 bits per heavy atom. The highest BCUT2D eigenvalue weighted by molar-refractivity contribution is 8.01. The minimum Gasteiger partial charge on any atom is -0.158 e. The van der Waals surface area contributed by atoms with Crippen molar-refractivity contribution in [3.05, 3.63) is 48.0 Å². The van der Waals surface area contributed by atoms with Crippen LogP contribution in [0, 0.1) is 5.92 Å². The maximum Gasteiger partial charge on any atom is 0.0336 e. The van der Waals surface area contributed by atoms with E-state index in [-0.39, 0.29) is 0 Å². The Hall–Kier alpha value is -0.600. The quantitative estimate of drug-likeness (QED) is 0.712. The predicted molar refractivity (Wildman–Crippen MR) is 88.1 cm³/mol. The second-order valence-electron chi connectivity index (χ2n) is 5.55. The first-order valence-electron chi connectivity index (χ1n) is 7.14. The Morgan fingerprint density at radius 2 is 1.68 bits per heavy atom. The van der Waals surface area contributed by atoms with Gasteiger partial charge in [0, 0.05) is 10.5 Å². The summed E-state index contributed by atoms with van der Waals surface area (Å²) in [5.41, 5.74) is 1.56. The Kier molecular flexibility index (Phi) is 3.24. The van der Waals surface area contributed by atoms with Crippen molar-refractivity contribution in [3.8, 4) is 0 Å². The molecule has 0 N–H and O–H groups in total. The molecule has 0 radical (unpaired) electrons. The van der Waals surface area contributed by atoms with Crippen LogP contribution in [-0.4, -0.2) is 16.8 Å². The van der Waals surface area contributed by atoms with E-state index in [1.165, 1.54) is 35.1 Å². The van der Waals surface area contributed by atoms with E-state index in [0.717, 1.165) is 16.4 Å². The fraction of sp³-hybridized carbons (Fsp3) is 0.412. The van der Waals surface area contributed by atoms with E-state index in [9.17, 15) is 0 Å². The van der Waals surface area contributed by atoms with Gasteiger partial charge in [0.1, 0.15) is 0 Å². The molecule has 19 heavy (non-hydrogen) atoms. The van der Waals surface area contributed by atoms with Crippen molar-refractivity contribution < 1.29 is 0 Å². The van der Waals surface area contributed by atoms with E-state index in [1.807, 2.05) is 0 Å². The summed E-state index contributed by atoms with van der Waals surface area (Å²) in [4.78, 5) is 0. The maximum atomic E-state index is 2.43. The topological polar surface area (TPSA) is 0 Å². The molecule has 3 atom stereocenters. The third-order valence-electron chi connectivity index (χ3n) is 4.45. The van der Waals surface area contributed by atoms with Gasteiger partial charge in [-0.1, -0.05) is 42.5 Å². The van der Waals surface area contributed by atoms with Crippen molar-refractivity contribution in [2.75, 3.05) is 11.5 Å². The van der Waals surface area contributed by atoms with Gasteiger partial charge in [0.05, 0.1) is 0 Å². The van der Waals surface area contributed by atoms with Crippen molar-refractivity contribution >= 4 is 34.3 Å². The van der Waals surface area contributed by atoms with Gasteiger partial charge in [0.15, 0.2) is 0 Å². The zero-order valence-corrected chi connectivity index (χ0v) is 12.6. The van der Waals surface area contributed by atoms with Gasteiger partial charge in [0.25, 0.3) is 0 Å². The third-order valence-corrected chi connectivity index (χ3v) is 7.39. The highest BCUT2D eigenvalue weighted by Crippen LogP contribution is 2.52. The van der Waals surface area contributed by atoms with E-state index in [0.29, 0.717) is 0 Å². The smallest absolute Gasteiger partial charge is 0.0336 e. The third kappa shape index (κ3) is 2.19. The summed E-state index contributed by atoms with van der Waals surface area (Å²) >= 11 is 4.40. The number of benzene rings is 2. The number of hydrogen-bond donors (Lipinski definition) is 0. The fourth-order valence-electron chi connectivity index (χ4n) is 3.47. The lowest BCUT2D eigenvalue weighted by molar-refractivity contribution is 0.481. The molecule has 0 spiro atoms. The SMILES string of the molecule is c1ccc2cc(C3SCCC4SCCC43)ccc2c1. The molecule has 2 saturated heterocycles. The average molecular weight is 286 g/mol. The first-order chi connectivity index (χ1) is 9.42. The van der Waals surface area contributed by atoms with E-state index >= 15 is 0 Å². The van der Waals surface area contributed by atoms with Crippen LogP contribution >= 0.6 is 23.5 Å². The minimum atomic E-state index is 0.735. The second-order valence-corrected chi connectivity index (χ2v) is 8.14. The standard InChI is InChI=1S/C17H18S2/c1-2-4-13-11-14(6-5-12(13)3-1)17-15-7-9-18-16(15)8-10-19-17/h1-6,11,15-17H,7-10H2. The predicted octanol–water partition coefficient (Wildman–Crippen LogP) is 5.14. The molecular weight excluding hydrogens is 268 g/mol. The van der Waals surface area contributed by atoms with Crippen LogP contribution in [0.1, 0.15) is 23.7 Å². The lowest BCUT2D eigenvalue weighted by atomic mass is 9.90. The summed E-state index contributed by atoms with van der Waals surface area (Å²) in [5, 5.41) is 4.42. The fourth-order valence-corrected chi connectivity index (χ4v) is 6.81. The lowest BCUT2D eigenvalue weighted by Crippen LogP contribution is -2.24. The normalized spacial score (nSPS) is 30.4. The van der Waals surface area contributed by atoms with Gasteiger partial charge in [-0.3, -0.25) is 0 Å². The van der Waals surface area contributed by atoms with Crippen molar-refractivity contribution in [1.82, 2.24) is 0 Å². The van der Waals surface area contributed by atoms with Gasteiger partial charge in [-0.05, 0) is 46.6 Å². The molecule has 0 aromatic heterocycles. The van der Waals surface area contributed by atoms with Crippen molar-refractivity contribution in [3.63, 3.8) is 0 Å². The first kappa shape index (κ1) is 12.2. The van der Waals surface area contributed by atoms with Gasteiger partial charge in [-0.15, -0.1) is 0 Å². The Labute approximate surface area is 123 Å². The van der Waals surface area contributed by atoms with Crippen molar-refractivity contribution in [2.24, 2.45) is 5.92 Å². The van der Waals surface area contributed by atoms with Crippen LogP contribution in [0.25, 0.3) is 10.8 Å². The Morgan fingerprint density at radius 1 is 0.842 bits per heavy atom. The molecule has 2 aliphatic heterocycles. The molecular formula is C17H18S2. The van der Waals surface area contributed by atoms with Crippen LogP contribution in [-0.2, 0) is 0 Å². The zero-order chi connectivity index (χ0) is 12.7. The largest absolute Gasteiger partial charge is 0.158 e. The van der Waals surface area contributed by atoms with Gasteiger partial charge in [-0.2, -0.15) is 23.5 Å². The molecule has 2 aromatic rings. The molecule has 2 heteroatoms. The van der Waals surface area contributed by atoms with E-state index < -0.39 is 0 Å². The van der Waals surface area contributed by atoms with Crippen LogP contribution in [0.3, 0.4) is 0 Å². The molecule has 2 aromatic carbocycles. The summed E-state index contributed by atoms with van der Waals surface area (Å²) in [6, 6.07) is 15.8. The number of fused-ring (bicyclic) bond motifs is 2. The van der Waals surface area contributed by atoms with Crippen LogP contribution < -0.4 is 0 Å². The average Bonchev–Trinajstić information content (AvgIpc) is 2.95. The summed E-state index contributed by atoms with van der Waals surface area (Å²) in [6.45, 7) is 0. The monoisotopic (exact) mass is 286 g/mol. The van der Waals surface area contributed by atoms with Gasteiger partial charge in [0.2, 0.25) is 0 Å². The van der Waals surface area contributed by atoms with E-state index in [2.05, 4.69) is 66.0 Å². The zero-order valence-electron chi connectivity index (χ0n) is 10.9. The van der Waals surface area contributed by atoms with Gasteiger partial charge >= 0.3 is 0 Å². The highest BCUT2D eigenvalue weighted by Gasteiger charge is 2.38. The summed E-state index contributed by atoms with van der Waals surface area (Å²) in [5.74, 6) is 3.62. The molecule has 2 heterocycles. The summed E-state index contributed by atoms with van der Waals surface area (Å²) in [6.07, 6.45) is 2.84. The Balaban J connectivity index is 1.72. The van der Waals surface area contributed by atoms with Crippen LogP contribution in [0.15, 0.2) is 42.5 Å². The van der Waals surface area contributed by atoms with E-state index in [4.69, 9.17) is 0 Å². The van der Waals surface area contributed by atoms with Crippen molar-refractivity contribution in [1.29, 1.82) is 0 Å². The molecule has 0 amide bonds. The maximum absolute atomic E-state index is 2.43. The molecule has 0 aliphatic carbocycles. The molecule has 0 saturated carbocycles. The van der Waals surface area contributed by atoms with E-state index in [1.54, 1.807) is 5.56 Å². The molecule has 0 bridgehead atoms. The lowest BCUT2D eigenvalue weighted by Gasteiger charge is -2.33. The number of rotatable bonds is 1.